The van der Waals surface area contributed by atoms with Crippen molar-refractivity contribution >= 4 is 17.4 Å². The summed E-state index contributed by atoms with van der Waals surface area (Å²) in [6, 6.07) is 4.00. The zero-order valence-electron chi connectivity index (χ0n) is 14.2. The van der Waals surface area contributed by atoms with Gasteiger partial charge in [0.25, 0.3) is 0 Å². The number of rotatable bonds is 4. The first-order chi connectivity index (χ1) is 11.8. The van der Waals surface area contributed by atoms with Crippen LogP contribution in [0.2, 0.25) is 5.02 Å². The Hall–Kier alpha value is -1.79. The Morgan fingerprint density at radius 2 is 2.16 bits per heavy atom. The number of hydrogen-bond acceptors (Lipinski definition) is 4. The molecule has 134 valence electrons. The van der Waals surface area contributed by atoms with Crippen molar-refractivity contribution in [3.05, 3.63) is 41.2 Å². The molecule has 0 radical (unpaired) electrons. The second-order valence-electron chi connectivity index (χ2n) is 6.86. The Balaban J connectivity index is 1.79. The maximum absolute atomic E-state index is 14.2. The lowest BCUT2D eigenvalue weighted by atomic mass is 9.88. The SMILES string of the molecule is CC1(C)CC(CNc2nc(-c3ccnc(F)c3)c(Cl)cc2F)CCO1. The predicted molar refractivity (Wildman–Crippen MR) is 93.6 cm³/mol. The van der Waals surface area contributed by atoms with Gasteiger partial charge in [-0.05, 0) is 44.7 Å². The number of ether oxygens (including phenoxy) is 1. The molecule has 3 heterocycles. The number of halogens is 3. The van der Waals surface area contributed by atoms with E-state index in [4.69, 9.17) is 16.3 Å². The van der Waals surface area contributed by atoms with Gasteiger partial charge >= 0.3 is 0 Å². The van der Waals surface area contributed by atoms with Crippen LogP contribution in [0.15, 0.2) is 24.4 Å². The second-order valence-corrected chi connectivity index (χ2v) is 7.27. The lowest BCUT2D eigenvalue weighted by Gasteiger charge is -2.35. The molecule has 0 bridgehead atoms. The Morgan fingerprint density at radius 3 is 2.88 bits per heavy atom. The van der Waals surface area contributed by atoms with Gasteiger partial charge in [0.2, 0.25) is 5.95 Å². The molecular weight excluding hydrogens is 348 g/mol. The molecule has 0 amide bonds. The van der Waals surface area contributed by atoms with E-state index >= 15 is 0 Å². The fraction of sp³-hybridized carbons (Fsp3) is 0.444. The van der Waals surface area contributed by atoms with Gasteiger partial charge in [-0.2, -0.15) is 4.39 Å². The van der Waals surface area contributed by atoms with Crippen LogP contribution in [0.4, 0.5) is 14.6 Å². The Labute approximate surface area is 150 Å². The highest BCUT2D eigenvalue weighted by Gasteiger charge is 2.28. The molecule has 7 heteroatoms. The van der Waals surface area contributed by atoms with Crippen LogP contribution in [0.5, 0.6) is 0 Å². The average molecular weight is 368 g/mol. The molecule has 4 nitrogen and oxygen atoms in total. The van der Waals surface area contributed by atoms with Gasteiger partial charge in [0.15, 0.2) is 11.6 Å². The van der Waals surface area contributed by atoms with Crippen molar-refractivity contribution in [1.29, 1.82) is 0 Å². The number of anilines is 1. The molecular formula is C18H20ClF2N3O. The van der Waals surface area contributed by atoms with E-state index in [0.29, 0.717) is 30.3 Å². The van der Waals surface area contributed by atoms with E-state index in [1.54, 1.807) is 6.07 Å². The van der Waals surface area contributed by atoms with E-state index in [1.165, 1.54) is 18.3 Å². The van der Waals surface area contributed by atoms with Gasteiger partial charge in [0.1, 0.15) is 0 Å². The first kappa shape index (κ1) is 18.0. The molecule has 3 rings (SSSR count). The van der Waals surface area contributed by atoms with Gasteiger partial charge in [0, 0.05) is 31.0 Å². The molecule has 0 spiro atoms. The molecule has 1 fully saturated rings. The number of aromatic nitrogens is 2. The Kier molecular flexibility index (Phi) is 5.20. The van der Waals surface area contributed by atoms with Crippen molar-refractivity contribution in [2.45, 2.75) is 32.3 Å². The van der Waals surface area contributed by atoms with Crippen molar-refractivity contribution in [3.63, 3.8) is 0 Å². The maximum atomic E-state index is 14.2. The van der Waals surface area contributed by atoms with Crippen LogP contribution >= 0.6 is 11.6 Å². The minimum absolute atomic E-state index is 0.112. The largest absolute Gasteiger partial charge is 0.376 e. The molecule has 1 N–H and O–H groups in total. The predicted octanol–water partition coefficient (Wildman–Crippen LogP) is 4.69. The first-order valence-electron chi connectivity index (χ1n) is 8.20. The molecule has 0 aromatic carbocycles. The van der Waals surface area contributed by atoms with E-state index in [2.05, 4.69) is 29.1 Å². The summed E-state index contributed by atoms with van der Waals surface area (Å²) in [6.45, 7) is 5.38. The molecule has 1 saturated heterocycles. The summed E-state index contributed by atoms with van der Waals surface area (Å²) in [6.07, 6.45) is 3.12. The van der Waals surface area contributed by atoms with Crippen LogP contribution in [0.25, 0.3) is 11.3 Å². The lowest BCUT2D eigenvalue weighted by molar-refractivity contribution is -0.0699. The molecule has 25 heavy (non-hydrogen) atoms. The summed E-state index contributed by atoms with van der Waals surface area (Å²) in [5.74, 6) is -0.698. The van der Waals surface area contributed by atoms with Gasteiger partial charge in [0.05, 0.1) is 16.3 Å². The minimum Gasteiger partial charge on any atom is -0.376 e. The summed E-state index contributed by atoms with van der Waals surface area (Å²) >= 11 is 6.08. The second kappa shape index (κ2) is 7.22. The zero-order valence-corrected chi connectivity index (χ0v) is 14.9. The van der Waals surface area contributed by atoms with Gasteiger partial charge in [-0.15, -0.1) is 0 Å². The number of nitrogens with zero attached hydrogens (tertiary/aromatic N) is 2. The van der Waals surface area contributed by atoms with Crippen molar-refractivity contribution in [2.24, 2.45) is 5.92 Å². The van der Waals surface area contributed by atoms with Crippen molar-refractivity contribution in [1.82, 2.24) is 9.97 Å². The number of pyridine rings is 2. The first-order valence-corrected chi connectivity index (χ1v) is 8.58. The average Bonchev–Trinajstić information content (AvgIpc) is 2.53. The lowest BCUT2D eigenvalue weighted by Crippen LogP contribution is -2.36. The quantitative estimate of drug-likeness (QED) is 0.796. The fourth-order valence-corrected chi connectivity index (χ4v) is 3.36. The smallest absolute Gasteiger partial charge is 0.213 e. The van der Waals surface area contributed by atoms with E-state index in [-0.39, 0.29) is 16.4 Å². The molecule has 1 unspecified atom stereocenters. The van der Waals surface area contributed by atoms with Crippen molar-refractivity contribution < 1.29 is 13.5 Å². The summed E-state index contributed by atoms with van der Waals surface area (Å²) in [5.41, 5.74) is 0.600. The third kappa shape index (κ3) is 4.44. The van der Waals surface area contributed by atoms with E-state index in [9.17, 15) is 8.78 Å². The molecule has 2 aromatic rings. The van der Waals surface area contributed by atoms with Crippen LogP contribution in [0.3, 0.4) is 0 Å². The highest BCUT2D eigenvalue weighted by Crippen LogP contribution is 2.31. The molecule has 1 aliphatic heterocycles. The van der Waals surface area contributed by atoms with Gasteiger partial charge < -0.3 is 10.1 Å². The molecule has 0 aliphatic carbocycles. The van der Waals surface area contributed by atoms with Crippen molar-refractivity contribution in [2.75, 3.05) is 18.5 Å². The van der Waals surface area contributed by atoms with Crippen LogP contribution in [-0.4, -0.2) is 28.7 Å². The van der Waals surface area contributed by atoms with Gasteiger partial charge in [-0.25, -0.2) is 14.4 Å². The van der Waals surface area contributed by atoms with Crippen LogP contribution < -0.4 is 5.32 Å². The normalized spacial score (nSPS) is 19.6. The van der Waals surface area contributed by atoms with Crippen LogP contribution in [-0.2, 0) is 4.74 Å². The minimum atomic E-state index is -0.640. The zero-order chi connectivity index (χ0) is 18.0. The van der Waals surface area contributed by atoms with Crippen LogP contribution in [0.1, 0.15) is 26.7 Å². The third-order valence-electron chi connectivity index (χ3n) is 4.29. The van der Waals surface area contributed by atoms with E-state index in [0.717, 1.165) is 12.8 Å². The van der Waals surface area contributed by atoms with Gasteiger partial charge in [-0.3, -0.25) is 0 Å². The summed E-state index contributed by atoms with van der Waals surface area (Å²) in [7, 11) is 0. The molecule has 1 aliphatic rings. The number of hydrogen-bond donors (Lipinski definition) is 1. The fourth-order valence-electron chi connectivity index (χ4n) is 3.12. The highest BCUT2D eigenvalue weighted by molar-refractivity contribution is 6.33. The third-order valence-corrected chi connectivity index (χ3v) is 4.57. The molecule has 0 saturated carbocycles. The van der Waals surface area contributed by atoms with Crippen LogP contribution in [0, 0.1) is 17.7 Å². The monoisotopic (exact) mass is 367 g/mol. The Bertz CT molecular complexity index is 770. The van der Waals surface area contributed by atoms with E-state index in [1.807, 2.05) is 0 Å². The highest BCUT2D eigenvalue weighted by atomic mass is 35.5. The summed E-state index contributed by atoms with van der Waals surface area (Å²) in [5, 5.41) is 3.19. The molecule has 1 atom stereocenters. The van der Waals surface area contributed by atoms with Gasteiger partial charge in [-0.1, -0.05) is 11.6 Å². The summed E-state index contributed by atoms with van der Waals surface area (Å²) < 4.78 is 33.3. The molecule has 2 aromatic heterocycles. The standard InChI is InChI=1S/C18H20ClF2N3O/c1-18(2)9-11(4-6-25-18)10-23-17-14(20)8-13(19)16(24-17)12-3-5-22-15(21)7-12/h3,5,7-8,11H,4,6,9-10H2,1-2H3,(H,23,24). The topological polar surface area (TPSA) is 47.0 Å². The van der Waals surface area contributed by atoms with E-state index < -0.39 is 11.8 Å². The summed E-state index contributed by atoms with van der Waals surface area (Å²) in [4.78, 5) is 7.77. The number of nitrogens with one attached hydrogen (secondary N) is 1. The maximum Gasteiger partial charge on any atom is 0.213 e. The Morgan fingerprint density at radius 1 is 1.36 bits per heavy atom. The van der Waals surface area contributed by atoms with Crippen molar-refractivity contribution in [3.8, 4) is 11.3 Å².